The number of benzene rings is 4. The molecule has 0 radical (unpaired) electrons. The Kier molecular flexibility index (Phi) is 7.62. The highest BCUT2D eigenvalue weighted by Gasteiger charge is 2.22. The number of aliphatic imine (C=N–C) groups is 1. The summed E-state index contributed by atoms with van der Waals surface area (Å²) in [5.41, 5.74) is 12.3. The van der Waals surface area contributed by atoms with Crippen LogP contribution in [-0.2, 0) is 4.79 Å². The second-order valence-electron chi connectivity index (χ2n) is 8.43. The first-order chi connectivity index (χ1) is 17.3. The van der Waals surface area contributed by atoms with E-state index in [4.69, 9.17) is 17.3 Å². The molecule has 0 aromatic heterocycles. The minimum atomic E-state index is -0.111. The van der Waals surface area contributed by atoms with Crippen molar-refractivity contribution in [2.75, 3.05) is 24.2 Å². The average Bonchev–Trinajstić information content (AvgIpc) is 3.02. The molecule has 36 heavy (non-hydrogen) atoms. The van der Waals surface area contributed by atoms with Gasteiger partial charge >= 0.3 is 0 Å². The maximum absolute atomic E-state index is 12.1. The first-order valence-electron chi connectivity index (χ1n) is 11.5. The zero-order chi connectivity index (χ0) is 25.7. The normalized spacial score (nSPS) is 12.6. The average molecular weight is 496 g/mol. The van der Waals surface area contributed by atoms with Gasteiger partial charge in [-0.25, -0.2) is 0 Å². The largest absolute Gasteiger partial charge is 0.398 e. The monoisotopic (exact) mass is 495 g/mol. The summed E-state index contributed by atoms with van der Waals surface area (Å²) in [5.74, 6) is -0.0957. The van der Waals surface area contributed by atoms with Crippen LogP contribution in [0.1, 0.15) is 32.6 Å². The Morgan fingerprint density at radius 3 is 2.28 bits per heavy atom. The topological polar surface area (TPSA) is 75.8 Å². The van der Waals surface area contributed by atoms with Crippen LogP contribution < -0.4 is 10.6 Å². The quantitative estimate of drug-likeness (QED) is 0.281. The highest BCUT2D eigenvalue weighted by Crippen LogP contribution is 2.27. The van der Waals surface area contributed by atoms with Crippen molar-refractivity contribution < 1.29 is 9.59 Å². The lowest BCUT2D eigenvalue weighted by Crippen LogP contribution is -2.27. The van der Waals surface area contributed by atoms with Gasteiger partial charge in [0.2, 0.25) is 5.91 Å². The van der Waals surface area contributed by atoms with Crippen molar-refractivity contribution in [2.45, 2.75) is 6.92 Å². The first-order valence-corrected chi connectivity index (χ1v) is 11.8. The Labute approximate surface area is 215 Å². The van der Waals surface area contributed by atoms with Crippen LogP contribution in [0.25, 0.3) is 0 Å². The van der Waals surface area contributed by atoms with Crippen LogP contribution in [0.15, 0.2) is 102 Å². The Morgan fingerprint density at radius 1 is 0.917 bits per heavy atom. The molecule has 4 aromatic rings. The second kappa shape index (κ2) is 11.0. The highest BCUT2D eigenvalue weighted by atomic mass is 35.5. The lowest BCUT2D eigenvalue weighted by Gasteiger charge is -2.18. The van der Waals surface area contributed by atoms with Crippen LogP contribution in [0.3, 0.4) is 0 Å². The molecular weight excluding hydrogens is 470 g/mol. The second-order valence-corrected chi connectivity index (χ2v) is 8.87. The molecule has 0 fully saturated rings. The maximum Gasteiger partial charge on any atom is 0.248 e. The fourth-order valence-electron chi connectivity index (χ4n) is 3.92. The van der Waals surface area contributed by atoms with Crippen LogP contribution in [0, 0.1) is 6.92 Å². The summed E-state index contributed by atoms with van der Waals surface area (Å²) >= 11 is 5.84. The molecule has 0 atom stereocenters. The minimum absolute atomic E-state index is 0.0148. The minimum Gasteiger partial charge on any atom is -0.398 e. The van der Waals surface area contributed by atoms with Crippen LogP contribution in [0.5, 0.6) is 0 Å². The molecular formula is C30H26ClN3O2. The number of aryl methyl sites for hydroxylation is 1. The fraction of sp³-hybridized carbons (Fsp3) is 0.100. The van der Waals surface area contributed by atoms with Gasteiger partial charge in [-0.2, -0.15) is 0 Å². The summed E-state index contributed by atoms with van der Waals surface area (Å²) in [6.07, 6.45) is 0. The van der Waals surface area contributed by atoms with Gasteiger partial charge in [-0.1, -0.05) is 83.9 Å². The number of nitrogen functional groups attached to an aromatic ring is 1. The Hall–Kier alpha value is -4.22. The number of ketones is 1. The standard InChI is InChI=1S/C17H16N2O.C13H10ClNO/c1-12-8-9-15-14(10-12)17(13-6-4-3-5-7-13)18-11-16(20)19(15)2;14-10-6-7-12(15)11(8-10)13(16)9-4-2-1-3-5-9/h3-10H,11H2,1-2H3;1-8H,15H2. The van der Waals surface area contributed by atoms with E-state index < -0.39 is 0 Å². The van der Waals surface area contributed by atoms with Crippen molar-refractivity contribution in [2.24, 2.45) is 4.99 Å². The summed E-state index contributed by atoms with van der Waals surface area (Å²) in [5, 5.41) is 0.508. The van der Waals surface area contributed by atoms with E-state index in [1.54, 1.807) is 42.3 Å². The molecule has 5 nitrogen and oxygen atoms in total. The highest BCUT2D eigenvalue weighted by molar-refractivity contribution is 6.31. The summed E-state index contributed by atoms with van der Waals surface area (Å²) in [4.78, 5) is 30.4. The van der Waals surface area contributed by atoms with Crippen molar-refractivity contribution in [1.29, 1.82) is 0 Å². The lowest BCUT2D eigenvalue weighted by atomic mass is 9.98. The third kappa shape index (κ3) is 5.53. The molecule has 0 bridgehead atoms. The summed E-state index contributed by atoms with van der Waals surface area (Å²) in [6, 6.07) is 30.0. The number of hydrogen-bond acceptors (Lipinski definition) is 4. The number of nitrogens with zero attached hydrogens (tertiary/aromatic N) is 2. The van der Waals surface area contributed by atoms with Gasteiger partial charge in [0.05, 0.1) is 11.4 Å². The van der Waals surface area contributed by atoms with Crippen LogP contribution >= 0.6 is 11.6 Å². The van der Waals surface area contributed by atoms with Crippen LogP contribution in [0.4, 0.5) is 11.4 Å². The summed E-state index contributed by atoms with van der Waals surface area (Å²) in [7, 11) is 1.81. The van der Waals surface area contributed by atoms with Gasteiger partial charge in [-0.05, 0) is 37.3 Å². The van der Waals surface area contributed by atoms with E-state index in [0.29, 0.717) is 21.8 Å². The molecule has 0 saturated carbocycles. The number of rotatable bonds is 3. The van der Waals surface area contributed by atoms with Crippen molar-refractivity contribution in [1.82, 2.24) is 0 Å². The Balaban J connectivity index is 0.000000174. The number of likely N-dealkylation sites (N-methyl/N-ethyl adjacent to an activating group) is 1. The number of nitrogens with two attached hydrogens (primary N) is 1. The smallest absolute Gasteiger partial charge is 0.248 e. The van der Waals surface area contributed by atoms with Crippen LogP contribution in [0.2, 0.25) is 5.02 Å². The van der Waals surface area contributed by atoms with E-state index in [1.807, 2.05) is 60.7 Å². The molecule has 0 saturated heterocycles. The van der Waals surface area contributed by atoms with Gasteiger partial charge in [-0.3, -0.25) is 14.6 Å². The number of hydrogen-bond donors (Lipinski definition) is 1. The number of carbonyl (C=O) groups excluding carboxylic acids is 2. The molecule has 0 spiro atoms. The molecule has 0 unspecified atom stereocenters. The van der Waals surface area contributed by atoms with Gasteiger partial charge in [0.1, 0.15) is 6.54 Å². The van der Waals surface area contributed by atoms with E-state index in [-0.39, 0.29) is 18.2 Å². The van der Waals surface area contributed by atoms with Crippen molar-refractivity contribution >= 4 is 40.4 Å². The molecule has 4 aromatic carbocycles. The summed E-state index contributed by atoms with van der Waals surface area (Å²) < 4.78 is 0. The van der Waals surface area contributed by atoms with Gasteiger partial charge in [-0.15, -0.1) is 0 Å². The predicted octanol–water partition coefficient (Wildman–Crippen LogP) is 5.96. The van der Waals surface area contributed by atoms with E-state index in [0.717, 1.165) is 28.1 Å². The molecule has 1 aliphatic heterocycles. The molecule has 0 aliphatic carbocycles. The Bertz CT molecular complexity index is 1430. The molecule has 180 valence electrons. The fourth-order valence-corrected chi connectivity index (χ4v) is 4.09. The molecule has 1 amide bonds. The zero-order valence-corrected chi connectivity index (χ0v) is 20.9. The van der Waals surface area contributed by atoms with Gasteiger partial charge < -0.3 is 10.6 Å². The van der Waals surface area contributed by atoms with Gasteiger partial charge in [0.25, 0.3) is 0 Å². The molecule has 1 heterocycles. The molecule has 5 rings (SSSR count). The Morgan fingerprint density at radius 2 is 1.58 bits per heavy atom. The van der Waals surface area contributed by atoms with Gasteiger partial charge in [0, 0.05) is 40.0 Å². The molecule has 1 aliphatic rings. The number of halogens is 1. The summed E-state index contributed by atoms with van der Waals surface area (Å²) in [6.45, 7) is 2.24. The number of benzodiazepines with no additional fused rings is 1. The lowest BCUT2D eigenvalue weighted by molar-refractivity contribution is -0.116. The predicted molar refractivity (Wildman–Crippen MR) is 147 cm³/mol. The van der Waals surface area contributed by atoms with E-state index >= 15 is 0 Å². The van der Waals surface area contributed by atoms with E-state index in [1.165, 1.54) is 0 Å². The number of amides is 1. The SMILES string of the molecule is Cc1ccc2c(c1)C(c1ccccc1)=NCC(=O)N2C.Nc1ccc(Cl)cc1C(=O)c1ccccc1. The first kappa shape index (κ1) is 24.9. The van der Waals surface area contributed by atoms with Gasteiger partial charge in [0.15, 0.2) is 5.78 Å². The zero-order valence-electron chi connectivity index (χ0n) is 20.1. The van der Waals surface area contributed by atoms with Crippen molar-refractivity contribution in [3.8, 4) is 0 Å². The number of carbonyl (C=O) groups is 2. The maximum atomic E-state index is 12.1. The molecule has 2 N–H and O–H groups in total. The van der Waals surface area contributed by atoms with Crippen LogP contribution in [-0.4, -0.2) is 31.0 Å². The van der Waals surface area contributed by atoms with E-state index in [2.05, 4.69) is 18.0 Å². The van der Waals surface area contributed by atoms with Crippen molar-refractivity contribution in [3.63, 3.8) is 0 Å². The number of anilines is 2. The van der Waals surface area contributed by atoms with E-state index in [9.17, 15) is 9.59 Å². The molecule has 6 heteroatoms. The third-order valence-electron chi connectivity index (χ3n) is 5.86. The number of fused-ring (bicyclic) bond motifs is 1. The van der Waals surface area contributed by atoms with Crippen molar-refractivity contribution in [3.05, 3.63) is 130 Å². The third-order valence-corrected chi connectivity index (χ3v) is 6.09.